The topological polar surface area (TPSA) is 70.0 Å². The van der Waals surface area contributed by atoms with Crippen LogP contribution in [0.3, 0.4) is 0 Å². The van der Waals surface area contributed by atoms with Gasteiger partial charge in [0.05, 0.1) is 30.4 Å². The summed E-state index contributed by atoms with van der Waals surface area (Å²) in [4.78, 5) is 12.1. The maximum Gasteiger partial charge on any atom is 0.307 e. The summed E-state index contributed by atoms with van der Waals surface area (Å²) < 4.78 is 8.85. The minimum absolute atomic E-state index is 0.0259. The molecule has 0 amide bonds. The van der Waals surface area contributed by atoms with Crippen LogP contribution >= 0.6 is 11.9 Å². The Morgan fingerprint density at radius 3 is 2.11 bits per heavy atom. The number of ether oxygens (including phenoxy) is 1. The van der Waals surface area contributed by atoms with Crippen LogP contribution in [0.15, 0.2) is 72.8 Å². The van der Waals surface area contributed by atoms with Gasteiger partial charge in [-0.1, -0.05) is 84.2 Å². The molecule has 0 aliphatic carbocycles. The Bertz CT molecular complexity index is 1600. The first-order valence-corrected chi connectivity index (χ1v) is 16.3. The van der Waals surface area contributed by atoms with Gasteiger partial charge < -0.3 is 19.3 Å². The second-order valence-electron chi connectivity index (χ2n) is 12.4. The summed E-state index contributed by atoms with van der Waals surface area (Å²) in [7, 11) is 0. The van der Waals surface area contributed by atoms with Crippen LogP contribution in [0, 0.1) is 20.8 Å². The molecule has 0 aromatic heterocycles. The van der Waals surface area contributed by atoms with Crippen molar-refractivity contribution in [3.63, 3.8) is 0 Å². The first kappa shape index (κ1) is 33.2. The number of aliphatic carboxylic acids is 1. The average Bonchev–Trinajstić information content (AvgIpc) is 2.96. The number of nitrogens with zero attached hydrogens (tertiary/aromatic N) is 1. The summed E-state index contributed by atoms with van der Waals surface area (Å²) in [5, 5.41) is 18.5. The molecule has 1 heterocycles. The number of fused-ring (bicyclic) bond motifs is 3. The van der Waals surface area contributed by atoms with E-state index in [-0.39, 0.29) is 12.5 Å². The second-order valence-corrected chi connectivity index (χ2v) is 13.2. The van der Waals surface area contributed by atoms with Gasteiger partial charge in [-0.05, 0) is 93.5 Å². The summed E-state index contributed by atoms with van der Waals surface area (Å²) in [6.45, 7) is 14.3. The largest absolute Gasteiger partial charge is 0.493 e. The van der Waals surface area contributed by atoms with Gasteiger partial charge in [0.1, 0.15) is 5.75 Å². The van der Waals surface area contributed by atoms with Gasteiger partial charge in [-0.15, -0.1) is 0 Å². The first-order valence-electron chi connectivity index (χ1n) is 15.1. The van der Waals surface area contributed by atoms with E-state index in [4.69, 9.17) is 9.84 Å². The molecule has 0 unspecified atom stereocenters. The molecule has 5 nitrogen and oxygen atoms in total. The van der Waals surface area contributed by atoms with Crippen LogP contribution in [0.1, 0.15) is 67.1 Å². The van der Waals surface area contributed by atoms with Gasteiger partial charge in [0, 0.05) is 23.8 Å². The molecular formula is C38H45NO4S. The molecule has 232 valence electrons. The Labute approximate surface area is 267 Å². The van der Waals surface area contributed by atoms with Crippen molar-refractivity contribution >= 4 is 23.6 Å². The predicted octanol–water partition coefficient (Wildman–Crippen LogP) is 9.13. The number of anilines is 1. The van der Waals surface area contributed by atoms with Gasteiger partial charge in [-0.25, -0.2) is 0 Å². The van der Waals surface area contributed by atoms with E-state index in [9.17, 15) is 9.90 Å². The Morgan fingerprint density at radius 1 is 0.886 bits per heavy atom. The third-order valence-corrected chi connectivity index (χ3v) is 8.68. The van der Waals surface area contributed by atoms with Crippen molar-refractivity contribution in [2.75, 3.05) is 17.2 Å². The van der Waals surface area contributed by atoms with Gasteiger partial charge in [-0.3, -0.25) is 4.79 Å². The molecule has 6 heteroatoms. The van der Waals surface area contributed by atoms with Crippen LogP contribution < -0.4 is 9.04 Å². The lowest BCUT2D eigenvalue weighted by Crippen LogP contribution is -2.26. The molecule has 0 saturated heterocycles. The van der Waals surface area contributed by atoms with Gasteiger partial charge in [-0.2, -0.15) is 0 Å². The maximum absolute atomic E-state index is 12.1. The Kier molecular flexibility index (Phi) is 10.5. The zero-order valence-corrected chi connectivity index (χ0v) is 28.0. The van der Waals surface area contributed by atoms with E-state index in [1.54, 1.807) is 32.7 Å². The molecule has 4 aromatic rings. The van der Waals surface area contributed by atoms with Crippen molar-refractivity contribution in [3.05, 3.63) is 106 Å². The molecule has 2 N–H and O–H groups in total. The lowest BCUT2D eigenvalue weighted by Gasteiger charge is -2.40. The highest BCUT2D eigenvalue weighted by atomic mass is 32.2. The Hall–Kier alpha value is -3.74. The monoisotopic (exact) mass is 611 g/mol. The normalized spacial score (nSPS) is 13.8. The van der Waals surface area contributed by atoms with Gasteiger partial charge in [0.2, 0.25) is 0 Å². The fraction of sp³-hybridized carbons (Fsp3) is 0.342. The standard InChI is InChI=1S/C34H35NO3S.C4H10O/c1-21-14-16-26(17-15-21)31-23(3)32-33-27(12-9-13-29(33)38-19-18-25-10-7-6-8-11-25)24(4)35(39-5)34(32)22(2)28(31)20-30(36)37;1-4(2,3)5/h6-17,24H,18-20H2,1-5H3,(H,36,37);5H,1-3H3/t24-;/m0./s1. The van der Waals surface area contributed by atoms with Crippen LogP contribution in [0.2, 0.25) is 0 Å². The molecule has 0 radical (unpaired) electrons. The van der Waals surface area contributed by atoms with E-state index in [2.05, 4.69) is 105 Å². The fourth-order valence-corrected chi connectivity index (χ4v) is 6.73. The summed E-state index contributed by atoms with van der Waals surface area (Å²) in [5.74, 6) is 0.0522. The predicted molar refractivity (Wildman–Crippen MR) is 185 cm³/mol. The minimum Gasteiger partial charge on any atom is -0.493 e. The van der Waals surface area contributed by atoms with Gasteiger partial charge in [0.15, 0.2) is 0 Å². The maximum atomic E-state index is 12.1. The van der Waals surface area contributed by atoms with Gasteiger partial charge in [0.25, 0.3) is 0 Å². The quantitative estimate of drug-likeness (QED) is 0.194. The highest BCUT2D eigenvalue weighted by Crippen LogP contribution is 2.55. The van der Waals surface area contributed by atoms with Crippen LogP contribution in [0.4, 0.5) is 5.69 Å². The Balaban J connectivity index is 0.000000818. The number of aliphatic hydroxyl groups is 1. The number of benzene rings is 4. The minimum atomic E-state index is -0.823. The number of rotatable bonds is 8. The molecule has 4 aromatic carbocycles. The molecule has 1 atom stereocenters. The lowest BCUT2D eigenvalue weighted by atomic mass is 9.79. The van der Waals surface area contributed by atoms with E-state index in [1.165, 1.54) is 16.7 Å². The van der Waals surface area contributed by atoms with Crippen molar-refractivity contribution in [3.8, 4) is 28.0 Å². The van der Waals surface area contributed by atoms with E-state index in [0.717, 1.165) is 56.8 Å². The van der Waals surface area contributed by atoms with Crippen molar-refractivity contribution in [2.24, 2.45) is 0 Å². The van der Waals surface area contributed by atoms with E-state index in [0.29, 0.717) is 6.61 Å². The number of hydrogen-bond acceptors (Lipinski definition) is 5. The molecule has 44 heavy (non-hydrogen) atoms. The van der Waals surface area contributed by atoms with Crippen LogP contribution in [0.5, 0.6) is 5.75 Å². The number of carboxylic acid groups (broad SMARTS) is 1. The SMILES string of the molecule is CC(C)(C)O.CSN1c2c(C)c(CC(=O)O)c(-c3ccc(C)cc3)c(C)c2-c2c(OCCc3ccccc3)cccc2[C@@H]1C. The molecule has 0 spiro atoms. The number of hydrogen-bond donors (Lipinski definition) is 2. The van der Waals surface area contributed by atoms with Crippen LogP contribution in [-0.2, 0) is 17.6 Å². The highest BCUT2D eigenvalue weighted by Gasteiger charge is 2.35. The molecule has 0 saturated carbocycles. The number of carboxylic acids is 1. The molecule has 1 aliphatic rings. The molecule has 5 rings (SSSR count). The fourth-order valence-electron chi connectivity index (χ4n) is 5.89. The second kappa shape index (κ2) is 13.9. The highest BCUT2D eigenvalue weighted by molar-refractivity contribution is 8.00. The molecule has 0 bridgehead atoms. The van der Waals surface area contributed by atoms with Gasteiger partial charge >= 0.3 is 5.97 Å². The molecule has 1 aliphatic heterocycles. The molecular weight excluding hydrogens is 566 g/mol. The smallest absolute Gasteiger partial charge is 0.307 e. The molecule has 0 fully saturated rings. The Morgan fingerprint density at radius 2 is 1.52 bits per heavy atom. The summed E-state index contributed by atoms with van der Waals surface area (Å²) >= 11 is 1.68. The third-order valence-electron chi connectivity index (χ3n) is 7.78. The lowest BCUT2D eigenvalue weighted by molar-refractivity contribution is -0.136. The van der Waals surface area contributed by atoms with Crippen molar-refractivity contribution in [2.45, 2.75) is 73.0 Å². The third kappa shape index (κ3) is 7.48. The van der Waals surface area contributed by atoms with E-state index >= 15 is 0 Å². The van der Waals surface area contributed by atoms with Crippen LogP contribution in [-0.4, -0.2) is 34.6 Å². The summed E-state index contributed by atoms with van der Waals surface area (Å²) in [5.41, 5.74) is 11.5. The number of aryl methyl sites for hydroxylation is 1. The zero-order chi connectivity index (χ0) is 32.2. The zero-order valence-electron chi connectivity index (χ0n) is 27.2. The van der Waals surface area contributed by atoms with Crippen molar-refractivity contribution < 1.29 is 19.7 Å². The van der Waals surface area contributed by atoms with Crippen molar-refractivity contribution in [1.29, 1.82) is 0 Å². The summed E-state index contributed by atoms with van der Waals surface area (Å²) in [6.07, 6.45) is 2.89. The summed E-state index contributed by atoms with van der Waals surface area (Å²) in [6, 6.07) is 25.2. The van der Waals surface area contributed by atoms with Crippen molar-refractivity contribution in [1.82, 2.24) is 0 Å². The number of carbonyl (C=O) groups is 1. The van der Waals surface area contributed by atoms with E-state index in [1.807, 2.05) is 6.07 Å². The first-order chi connectivity index (χ1) is 20.8. The average molecular weight is 612 g/mol. The van der Waals surface area contributed by atoms with Crippen LogP contribution in [0.25, 0.3) is 22.3 Å². The van der Waals surface area contributed by atoms with E-state index < -0.39 is 11.6 Å².